The Labute approximate surface area is 124 Å². The molecule has 0 saturated heterocycles. The van der Waals surface area contributed by atoms with Crippen LogP contribution in [0.2, 0.25) is 0 Å². The molecule has 20 heavy (non-hydrogen) atoms. The molecular weight excluding hydrogens is 268 g/mol. The molecule has 3 nitrogen and oxygen atoms in total. The maximum absolute atomic E-state index is 11.6. The molecule has 0 aliphatic heterocycles. The van der Waals surface area contributed by atoms with Gasteiger partial charge in [0.2, 0.25) is 5.91 Å². The molecule has 2 N–H and O–H groups in total. The fraction of sp³-hybridized carbons (Fsp3) is 0.438. The number of benzene rings is 1. The van der Waals surface area contributed by atoms with Crippen LogP contribution in [0.5, 0.6) is 0 Å². The zero-order valence-electron chi connectivity index (χ0n) is 12.1. The van der Waals surface area contributed by atoms with Crippen LogP contribution in [-0.4, -0.2) is 18.5 Å². The van der Waals surface area contributed by atoms with Crippen molar-refractivity contribution < 1.29 is 4.79 Å². The Balaban J connectivity index is 1.75. The van der Waals surface area contributed by atoms with Crippen LogP contribution in [0.4, 0.5) is 0 Å². The van der Waals surface area contributed by atoms with Crippen molar-refractivity contribution in [3.8, 4) is 0 Å². The lowest BCUT2D eigenvalue weighted by atomic mass is 10.2. The Morgan fingerprint density at radius 1 is 1.35 bits per heavy atom. The monoisotopic (exact) mass is 290 g/mol. The van der Waals surface area contributed by atoms with Gasteiger partial charge < -0.3 is 10.6 Å². The topological polar surface area (TPSA) is 41.1 Å². The van der Waals surface area contributed by atoms with Gasteiger partial charge in [-0.15, -0.1) is 11.3 Å². The van der Waals surface area contributed by atoms with Crippen LogP contribution in [0.25, 0.3) is 10.1 Å². The molecule has 2 rings (SSSR count). The van der Waals surface area contributed by atoms with Gasteiger partial charge in [0.1, 0.15) is 0 Å². The first-order valence-corrected chi connectivity index (χ1v) is 8.04. The van der Waals surface area contributed by atoms with Crippen molar-refractivity contribution in [2.24, 2.45) is 0 Å². The fourth-order valence-electron chi connectivity index (χ4n) is 2.04. The summed E-state index contributed by atoms with van der Waals surface area (Å²) in [5.74, 6) is 0.127. The van der Waals surface area contributed by atoms with Gasteiger partial charge in [-0.3, -0.25) is 4.79 Å². The van der Waals surface area contributed by atoms with Crippen LogP contribution in [-0.2, 0) is 11.3 Å². The minimum absolute atomic E-state index is 0.127. The Kier molecular flexibility index (Phi) is 5.56. The Morgan fingerprint density at radius 3 is 2.95 bits per heavy atom. The lowest BCUT2D eigenvalue weighted by Crippen LogP contribution is -2.33. The summed E-state index contributed by atoms with van der Waals surface area (Å²) >= 11 is 1.77. The molecule has 0 saturated carbocycles. The molecule has 1 heterocycles. The standard InChI is InChI=1S/C16H22N2OS/c1-3-12(2)18-16(19)8-9-17-10-13-11-20-15-7-5-4-6-14(13)15/h4-7,11-12,17H,3,8-10H2,1-2H3,(H,18,19). The highest BCUT2D eigenvalue weighted by atomic mass is 32.1. The van der Waals surface area contributed by atoms with E-state index in [0.717, 1.165) is 13.0 Å². The number of rotatable bonds is 7. The van der Waals surface area contributed by atoms with Gasteiger partial charge in [-0.1, -0.05) is 25.1 Å². The van der Waals surface area contributed by atoms with Crippen molar-refractivity contribution in [1.29, 1.82) is 0 Å². The lowest BCUT2D eigenvalue weighted by molar-refractivity contribution is -0.121. The van der Waals surface area contributed by atoms with Crippen LogP contribution in [0.3, 0.4) is 0 Å². The number of carbonyl (C=O) groups excluding carboxylic acids is 1. The predicted octanol–water partition coefficient (Wildman–Crippen LogP) is 3.30. The molecule has 1 aromatic heterocycles. The first-order chi connectivity index (χ1) is 9.70. The molecule has 1 unspecified atom stereocenters. The van der Waals surface area contributed by atoms with E-state index in [9.17, 15) is 4.79 Å². The summed E-state index contributed by atoms with van der Waals surface area (Å²) in [5, 5.41) is 9.83. The third kappa shape index (κ3) is 4.05. The molecule has 0 spiro atoms. The molecule has 0 fully saturated rings. The van der Waals surface area contributed by atoms with Gasteiger partial charge in [0, 0.05) is 30.3 Å². The van der Waals surface area contributed by atoms with Crippen LogP contribution in [0, 0.1) is 0 Å². The van der Waals surface area contributed by atoms with Crippen molar-refractivity contribution >= 4 is 27.3 Å². The zero-order valence-corrected chi connectivity index (χ0v) is 12.9. The largest absolute Gasteiger partial charge is 0.354 e. The summed E-state index contributed by atoms with van der Waals surface area (Å²) in [6.07, 6.45) is 1.51. The fourth-order valence-corrected chi connectivity index (χ4v) is 3.01. The van der Waals surface area contributed by atoms with Crippen molar-refractivity contribution in [1.82, 2.24) is 10.6 Å². The summed E-state index contributed by atoms with van der Waals surface area (Å²) in [6.45, 7) is 5.64. The summed E-state index contributed by atoms with van der Waals surface area (Å²) < 4.78 is 1.32. The number of nitrogens with one attached hydrogen (secondary N) is 2. The van der Waals surface area contributed by atoms with E-state index in [2.05, 4.69) is 47.2 Å². The highest BCUT2D eigenvalue weighted by Crippen LogP contribution is 2.25. The maximum atomic E-state index is 11.6. The smallest absolute Gasteiger partial charge is 0.221 e. The molecule has 0 aliphatic carbocycles. The molecule has 2 aromatic rings. The number of amides is 1. The molecule has 0 bridgehead atoms. The first-order valence-electron chi connectivity index (χ1n) is 7.16. The van der Waals surface area contributed by atoms with Crippen molar-refractivity contribution in [2.75, 3.05) is 6.54 Å². The molecule has 1 atom stereocenters. The van der Waals surface area contributed by atoms with E-state index in [4.69, 9.17) is 0 Å². The molecule has 4 heteroatoms. The zero-order chi connectivity index (χ0) is 14.4. The number of hydrogen-bond donors (Lipinski definition) is 2. The Bertz CT molecular complexity index is 564. The number of carbonyl (C=O) groups is 1. The van der Waals surface area contributed by atoms with Gasteiger partial charge in [-0.25, -0.2) is 0 Å². The summed E-state index contributed by atoms with van der Waals surface area (Å²) in [4.78, 5) is 11.6. The maximum Gasteiger partial charge on any atom is 0.221 e. The lowest BCUT2D eigenvalue weighted by Gasteiger charge is -2.11. The van der Waals surface area contributed by atoms with Gasteiger partial charge in [-0.05, 0) is 35.7 Å². The van der Waals surface area contributed by atoms with E-state index in [1.54, 1.807) is 11.3 Å². The van der Waals surface area contributed by atoms with Gasteiger partial charge in [0.05, 0.1) is 0 Å². The molecule has 0 aliphatic rings. The Morgan fingerprint density at radius 2 is 2.15 bits per heavy atom. The molecule has 1 aromatic carbocycles. The van der Waals surface area contributed by atoms with Crippen LogP contribution in [0.1, 0.15) is 32.3 Å². The van der Waals surface area contributed by atoms with E-state index >= 15 is 0 Å². The number of thiophene rings is 1. The molecule has 1 amide bonds. The average Bonchev–Trinajstić information content (AvgIpc) is 2.87. The van der Waals surface area contributed by atoms with E-state index in [1.807, 2.05) is 6.92 Å². The summed E-state index contributed by atoms with van der Waals surface area (Å²) in [7, 11) is 0. The van der Waals surface area contributed by atoms with E-state index < -0.39 is 0 Å². The molecular formula is C16H22N2OS. The van der Waals surface area contributed by atoms with Gasteiger partial charge >= 0.3 is 0 Å². The van der Waals surface area contributed by atoms with Crippen molar-refractivity contribution in [3.05, 3.63) is 35.2 Å². The minimum Gasteiger partial charge on any atom is -0.354 e. The highest BCUT2D eigenvalue weighted by Gasteiger charge is 2.06. The summed E-state index contributed by atoms with van der Waals surface area (Å²) in [5.41, 5.74) is 1.31. The summed E-state index contributed by atoms with van der Waals surface area (Å²) in [6, 6.07) is 8.69. The highest BCUT2D eigenvalue weighted by molar-refractivity contribution is 7.17. The normalized spacial score (nSPS) is 12.5. The minimum atomic E-state index is 0.127. The van der Waals surface area contributed by atoms with Gasteiger partial charge in [0.25, 0.3) is 0 Å². The Hall–Kier alpha value is -1.39. The quantitative estimate of drug-likeness (QED) is 0.768. The van der Waals surface area contributed by atoms with E-state index in [1.165, 1.54) is 15.6 Å². The predicted molar refractivity (Wildman–Crippen MR) is 86.0 cm³/mol. The molecule has 0 radical (unpaired) electrons. The SMILES string of the molecule is CCC(C)NC(=O)CCNCc1csc2ccccc12. The first kappa shape index (κ1) is 15.0. The van der Waals surface area contributed by atoms with Crippen LogP contribution in [0.15, 0.2) is 29.6 Å². The molecule has 108 valence electrons. The number of hydrogen-bond acceptors (Lipinski definition) is 3. The number of fused-ring (bicyclic) bond motifs is 1. The van der Waals surface area contributed by atoms with Gasteiger partial charge in [-0.2, -0.15) is 0 Å². The third-order valence-corrected chi connectivity index (χ3v) is 4.44. The second-order valence-electron chi connectivity index (χ2n) is 5.06. The van der Waals surface area contributed by atoms with Crippen molar-refractivity contribution in [2.45, 2.75) is 39.3 Å². The van der Waals surface area contributed by atoms with Gasteiger partial charge in [0.15, 0.2) is 0 Å². The van der Waals surface area contributed by atoms with E-state index in [0.29, 0.717) is 13.0 Å². The van der Waals surface area contributed by atoms with Crippen LogP contribution >= 0.6 is 11.3 Å². The van der Waals surface area contributed by atoms with Crippen molar-refractivity contribution in [3.63, 3.8) is 0 Å². The second kappa shape index (κ2) is 7.41. The van der Waals surface area contributed by atoms with E-state index in [-0.39, 0.29) is 11.9 Å². The third-order valence-electron chi connectivity index (χ3n) is 3.43. The van der Waals surface area contributed by atoms with Crippen LogP contribution < -0.4 is 10.6 Å². The average molecular weight is 290 g/mol. The second-order valence-corrected chi connectivity index (χ2v) is 5.97.